The van der Waals surface area contributed by atoms with E-state index in [9.17, 15) is 18.3 Å². The molecule has 0 saturated carbocycles. The number of halogens is 3. The van der Waals surface area contributed by atoms with E-state index in [0.717, 1.165) is 26.9 Å². The molecule has 2 aromatic rings. The summed E-state index contributed by atoms with van der Waals surface area (Å²) in [5.41, 5.74) is 4.09. The number of nitrogens with zero attached hydrogens (tertiary/aromatic N) is 2. The lowest BCUT2D eigenvalue weighted by molar-refractivity contribution is -0.142. The van der Waals surface area contributed by atoms with Crippen molar-refractivity contribution >= 4 is 0 Å². The highest BCUT2D eigenvalue weighted by atomic mass is 19.4. The Hall–Kier alpha value is -1.82. The summed E-state index contributed by atoms with van der Waals surface area (Å²) in [5.74, 6) is 0. The van der Waals surface area contributed by atoms with Gasteiger partial charge in [0.05, 0.1) is 12.8 Å². The van der Waals surface area contributed by atoms with Crippen LogP contribution in [0, 0.1) is 13.8 Å². The van der Waals surface area contributed by atoms with E-state index in [-0.39, 0.29) is 6.61 Å². The van der Waals surface area contributed by atoms with Crippen molar-refractivity contribution in [2.24, 2.45) is 0 Å². The molecule has 0 amide bonds. The van der Waals surface area contributed by atoms with Gasteiger partial charge in [-0.2, -0.15) is 18.3 Å². The summed E-state index contributed by atoms with van der Waals surface area (Å²) in [4.78, 5) is 0. The van der Waals surface area contributed by atoms with Crippen LogP contribution in [0.3, 0.4) is 0 Å². The summed E-state index contributed by atoms with van der Waals surface area (Å²) in [6, 6.07) is 3.68. The van der Waals surface area contributed by atoms with E-state index in [1.54, 1.807) is 0 Å². The first-order chi connectivity index (χ1) is 9.30. The maximum atomic E-state index is 12.3. The second-order valence-corrected chi connectivity index (χ2v) is 4.79. The number of aromatic nitrogens is 2. The SMILES string of the molecule is Cc1cc(-c2cnn(CC(F)(F)F)c2)cc(C)c1CO. The standard InChI is InChI=1S/C14H15F3N2O/c1-9-3-11(4-10(2)13(9)7-20)12-5-18-19(6-12)8-14(15,16)17/h3-6,20H,7-8H2,1-2H3. The van der Waals surface area contributed by atoms with Gasteiger partial charge in [-0.15, -0.1) is 0 Å². The Bertz CT molecular complexity index is 594. The Morgan fingerprint density at radius 3 is 2.25 bits per heavy atom. The van der Waals surface area contributed by atoms with Gasteiger partial charge in [-0.3, -0.25) is 4.68 Å². The van der Waals surface area contributed by atoms with E-state index >= 15 is 0 Å². The molecule has 1 heterocycles. The fourth-order valence-electron chi connectivity index (χ4n) is 2.19. The number of aliphatic hydroxyl groups excluding tert-OH is 1. The second-order valence-electron chi connectivity index (χ2n) is 4.79. The molecule has 1 N–H and O–H groups in total. The van der Waals surface area contributed by atoms with Crippen molar-refractivity contribution in [3.63, 3.8) is 0 Å². The Morgan fingerprint density at radius 2 is 1.75 bits per heavy atom. The molecule has 0 fully saturated rings. The van der Waals surface area contributed by atoms with Gasteiger partial charge in [0.1, 0.15) is 6.54 Å². The average Bonchev–Trinajstić information content (AvgIpc) is 2.74. The number of hydrogen-bond acceptors (Lipinski definition) is 2. The van der Waals surface area contributed by atoms with E-state index in [0.29, 0.717) is 5.56 Å². The summed E-state index contributed by atoms with van der Waals surface area (Å²) in [7, 11) is 0. The van der Waals surface area contributed by atoms with Crippen LogP contribution in [0.4, 0.5) is 13.2 Å². The van der Waals surface area contributed by atoms with Crippen molar-refractivity contribution in [3.8, 4) is 11.1 Å². The highest BCUT2D eigenvalue weighted by Crippen LogP contribution is 2.26. The molecule has 1 aromatic carbocycles. The van der Waals surface area contributed by atoms with E-state index in [1.807, 2.05) is 26.0 Å². The van der Waals surface area contributed by atoms with Crippen LogP contribution < -0.4 is 0 Å². The molecule has 0 aliphatic carbocycles. The molecule has 20 heavy (non-hydrogen) atoms. The molecule has 0 unspecified atom stereocenters. The molecule has 0 bridgehead atoms. The third kappa shape index (κ3) is 3.19. The summed E-state index contributed by atoms with van der Waals surface area (Å²) in [5, 5.41) is 13.0. The molecule has 1 aromatic heterocycles. The molecule has 2 rings (SSSR count). The van der Waals surface area contributed by atoms with Crippen LogP contribution in [0.15, 0.2) is 24.5 Å². The van der Waals surface area contributed by atoms with E-state index in [4.69, 9.17) is 0 Å². The number of alkyl halides is 3. The minimum absolute atomic E-state index is 0.0503. The monoisotopic (exact) mass is 284 g/mol. The summed E-state index contributed by atoms with van der Waals surface area (Å²) >= 11 is 0. The zero-order chi connectivity index (χ0) is 14.9. The van der Waals surface area contributed by atoms with Crippen molar-refractivity contribution in [2.45, 2.75) is 33.2 Å². The van der Waals surface area contributed by atoms with Gasteiger partial charge in [0, 0.05) is 11.8 Å². The average molecular weight is 284 g/mol. The number of rotatable bonds is 3. The van der Waals surface area contributed by atoms with Gasteiger partial charge in [0.25, 0.3) is 0 Å². The molecule has 0 spiro atoms. The van der Waals surface area contributed by atoms with Gasteiger partial charge in [-0.25, -0.2) is 0 Å². The second kappa shape index (κ2) is 5.28. The van der Waals surface area contributed by atoms with Crippen LogP contribution >= 0.6 is 0 Å². The molecule has 108 valence electrons. The molecule has 0 atom stereocenters. The lowest BCUT2D eigenvalue weighted by Gasteiger charge is -2.09. The molecule has 0 saturated heterocycles. The van der Waals surface area contributed by atoms with E-state index in [1.165, 1.54) is 12.4 Å². The van der Waals surface area contributed by atoms with Crippen molar-refractivity contribution in [3.05, 3.63) is 41.2 Å². The van der Waals surface area contributed by atoms with Crippen molar-refractivity contribution in [2.75, 3.05) is 0 Å². The van der Waals surface area contributed by atoms with Crippen LogP contribution in [-0.4, -0.2) is 21.1 Å². The Labute approximate surface area is 114 Å². The normalized spacial score (nSPS) is 11.9. The number of aliphatic hydroxyl groups is 1. The lowest BCUT2D eigenvalue weighted by atomic mass is 9.97. The first-order valence-electron chi connectivity index (χ1n) is 6.10. The van der Waals surface area contributed by atoms with Gasteiger partial charge in [-0.05, 0) is 36.1 Å². The summed E-state index contributed by atoms with van der Waals surface area (Å²) in [6.45, 7) is 2.58. The first-order valence-corrected chi connectivity index (χ1v) is 6.10. The minimum Gasteiger partial charge on any atom is -0.392 e. The molecule has 0 radical (unpaired) electrons. The van der Waals surface area contributed by atoms with Gasteiger partial charge in [-0.1, -0.05) is 12.1 Å². The third-order valence-electron chi connectivity index (χ3n) is 3.16. The predicted octanol–water partition coefficient (Wildman–Crippen LogP) is 3.22. The van der Waals surface area contributed by atoms with Crippen LogP contribution in [0.25, 0.3) is 11.1 Å². The zero-order valence-corrected chi connectivity index (χ0v) is 11.2. The van der Waals surface area contributed by atoms with Gasteiger partial charge >= 0.3 is 6.18 Å². The fraction of sp³-hybridized carbons (Fsp3) is 0.357. The van der Waals surface area contributed by atoms with Crippen LogP contribution in [0.5, 0.6) is 0 Å². The van der Waals surface area contributed by atoms with Gasteiger partial charge in [0.2, 0.25) is 0 Å². The smallest absolute Gasteiger partial charge is 0.392 e. The molecule has 3 nitrogen and oxygen atoms in total. The van der Waals surface area contributed by atoms with Crippen LogP contribution in [0.1, 0.15) is 16.7 Å². The van der Waals surface area contributed by atoms with Crippen molar-refractivity contribution in [1.29, 1.82) is 0 Å². The van der Waals surface area contributed by atoms with E-state index in [2.05, 4.69) is 5.10 Å². The maximum absolute atomic E-state index is 12.3. The zero-order valence-electron chi connectivity index (χ0n) is 11.2. The Kier molecular flexibility index (Phi) is 3.85. The first kappa shape index (κ1) is 14.6. The lowest BCUT2D eigenvalue weighted by Crippen LogP contribution is -2.17. The largest absolute Gasteiger partial charge is 0.408 e. The van der Waals surface area contributed by atoms with Crippen molar-refractivity contribution in [1.82, 2.24) is 9.78 Å². The summed E-state index contributed by atoms with van der Waals surface area (Å²) in [6.07, 6.45) is -1.49. The van der Waals surface area contributed by atoms with Crippen LogP contribution in [-0.2, 0) is 13.2 Å². The van der Waals surface area contributed by atoms with Crippen LogP contribution in [0.2, 0.25) is 0 Å². The summed E-state index contributed by atoms with van der Waals surface area (Å²) < 4.78 is 37.7. The molecular formula is C14H15F3N2O. The van der Waals surface area contributed by atoms with Gasteiger partial charge in [0.15, 0.2) is 0 Å². The number of hydrogen-bond donors (Lipinski definition) is 1. The maximum Gasteiger partial charge on any atom is 0.408 e. The number of benzene rings is 1. The highest BCUT2D eigenvalue weighted by Gasteiger charge is 2.28. The van der Waals surface area contributed by atoms with Crippen molar-refractivity contribution < 1.29 is 18.3 Å². The molecule has 0 aliphatic rings. The minimum atomic E-state index is -4.28. The highest BCUT2D eigenvalue weighted by molar-refractivity contribution is 5.64. The predicted molar refractivity (Wildman–Crippen MR) is 69.1 cm³/mol. The Morgan fingerprint density at radius 1 is 1.15 bits per heavy atom. The molecular weight excluding hydrogens is 269 g/mol. The molecule has 6 heteroatoms. The topological polar surface area (TPSA) is 38.0 Å². The number of aryl methyl sites for hydroxylation is 2. The fourth-order valence-corrected chi connectivity index (χ4v) is 2.19. The Balaban J connectivity index is 2.33. The third-order valence-corrected chi connectivity index (χ3v) is 3.16. The quantitative estimate of drug-likeness (QED) is 0.939. The molecule has 0 aliphatic heterocycles. The van der Waals surface area contributed by atoms with E-state index < -0.39 is 12.7 Å². The van der Waals surface area contributed by atoms with Gasteiger partial charge < -0.3 is 5.11 Å².